The Morgan fingerprint density at radius 2 is 1.05 bits per heavy atom. The van der Waals surface area contributed by atoms with E-state index in [4.69, 9.17) is 0 Å². The van der Waals surface area contributed by atoms with Crippen LogP contribution in [0.4, 0.5) is 0 Å². The summed E-state index contributed by atoms with van der Waals surface area (Å²) in [6.45, 7) is 0. The van der Waals surface area contributed by atoms with Gasteiger partial charge in [0.05, 0.1) is 17.3 Å². The van der Waals surface area contributed by atoms with Gasteiger partial charge in [-0.25, -0.2) is 0 Å². The molecule has 1 aromatic heterocycles. The highest BCUT2D eigenvalue weighted by molar-refractivity contribution is 6.23. The lowest BCUT2D eigenvalue weighted by molar-refractivity contribution is 1.31. The third-order valence-corrected chi connectivity index (χ3v) is 7.35. The molecule has 0 aliphatic carbocycles. The maximum atomic E-state index is 9.29. The van der Waals surface area contributed by atoms with Gasteiger partial charge in [0.1, 0.15) is 0 Å². The predicted molar refractivity (Wildman–Crippen MR) is 158 cm³/mol. The number of nitriles is 1. The van der Waals surface area contributed by atoms with E-state index in [0.29, 0.717) is 5.56 Å². The number of nitrogens with zero attached hydrogens (tertiary/aromatic N) is 2. The van der Waals surface area contributed by atoms with Gasteiger partial charge in [0.2, 0.25) is 0 Å². The van der Waals surface area contributed by atoms with Crippen molar-refractivity contribution in [3.8, 4) is 39.6 Å². The Bertz CT molecular complexity index is 1970. The molecule has 0 N–H and O–H groups in total. The van der Waals surface area contributed by atoms with Gasteiger partial charge in [0, 0.05) is 11.8 Å². The van der Waals surface area contributed by atoms with Crippen LogP contribution in [0.5, 0.6) is 0 Å². The molecule has 176 valence electrons. The zero-order valence-corrected chi connectivity index (χ0v) is 20.6. The van der Waals surface area contributed by atoms with Gasteiger partial charge < -0.3 is 0 Å². The van der Waals surface area contributed by atoms with Crippen molar-refractivity contribution in [2.75, 3.05) is 0 Å². The average molecular weight is 483 g/mol. The van der Waals surface area contributed by atoms with Gasteiger partial charge in [0.15, 0.2) is 0 Å². The Hall–Kier alpha value is -5.26. The third kappa shape index (κ3) is 3.53. The van der Waals surface area contributed by atoms with E-state index in [0.717, 1.165) is 16.8 Å². The molecule has 0 atom stereocenters. The van der Waals surface area contributed by atoms with Gasteiger partial charge in [-0.1, -0.05) is 115 Å². The molecule has 1 heterocycles. The van der Waals surface area contributed by atoms with Crippen molar-refractivity contribution in [3.05, 3.63) is 139 Å². The van der Waals surface area contributed by atoms with E-state index >= 15 is 0 Å². The van der Waals surface area contributed by atoms with E-state index in [2.05, 4.69) is 126 Å². The van der Waals surface area contributed by atoms with Gasteiger partial charge in [-0.2, -0.15) is 5.26 Å². The fraction of sp³-hybridized carbons (Fsp3) is 0. The second kappa shape index (κ2) is 9.00. The normalized spacial score (nSPS) is 11.1. The van der Waals surface area contributed by atoms with E-state index in [-0.39, 0.29) is 0 Å². The van der Waals surface area contributed by atoms with Crippen LogP contribution in [0.2, 0.25) is 0 Å². The molecule has 7 rings (SSSR count). The lowest BCUT2D eigenvalue weighted by Gasteiger charge is -2.19. The molecule has 0 fully saturated rings. The van der Waals surface area contributed by atoms with Crippen molar-refractivity contribution >= 4 is 32.3 Å². The molecule has 38 heavy (non-hydrogen) atoms. The Labute approximate surface area is 221 Å². The molecule has 2 nitrogen and oxygen atoms in total. The van der Waals surface area contributed by atoms with E-state index in [1.807, 2.05) is 6.07 Å². The SMILES string of the molecule is N#Cc1ccnc(-c2ccc(-c3c4ccccc4c(-c4cccc5ccccc45)c4ccccc34)cc2)c1. The minimum atomic E-state index is 0.611. The second-order valence-electron chi connectivity index (χ2n) is 9.49. The van der Waals surface area contributed by atoms with Crippen LogP contribution in [0.3, 0.4) is 0 Å². The molecule has 6 aromatic carbocycles. The van der Waals surface area contributed by atoms with Gasteiger partial charge in [-0.05, 0) is 66.7 Å². The summed E-state index contributed by atoms with van der Waals surface area (Å²) in [7, 11) is 0. The Kier molecular flexibility index (Phi) is 5.20. The van der Waals surface area contributed by atoms with E-state index < -0.39 is 0 Å². The first kappa shape index (κ1) is 22.0. The molecule has 0 radical (unpaired) electrons. The minimum Gasteiger partial charge on any atom is -0.256 e. The van der Waals surface area contributed by atoms with Crippen LogP contribution in [0, 0.1) is 11.3 Å². The summed E-state index contributed by atoms with van der Waals surface area (Å²) in [6.07, 6.45) is 1.69. The third-order valence-electron chi connectivity index (χ3n) is 7.35. The van der Waals surface area contributed by atoms with Crippen molar-refractivity contribution in [2.45, 2.75) is 0 Å². The molecule has 0 amide bonds. The zero-order chi connectivity index (χ0) is 25.5. The number of pyridine rings is 1. The van der Waals surface area contributed by atoms with Crippen LogP contribution in [-0.2, 0) is 0 Å². The zero-order valence-electron chi connectivity index (χ0n) is 20.6. The van der Waals surface area contributed by atoms with Gasteiger partial charge >= 0.3 is 0 Å². The van der Waals surface area contributed by atoms with Crippen LogP contribution in [0.1, 0.15) is 5.56 Å². The first-order valence-electron chi connectivity index (χ1n) is 12.7. The van der Waals surface area contributed by atoms with Crippen molar-refractivity contribution in [2.24, 2.45) is 0 Å². The molecule has 0 aliphatic rings. The second-order valence-corrected chi connectivity index (χ2v) is 9.49. The molecule has 2 heteroatoms. The molecule has 0 spiro atoms. The summed E-state index contributed by atoms with van der Waals surface area (Å²) in [4.78, 5) is 4.48. The van der Waals surface area contributed by atoms with E-state index in [1.54, 1.807) is 12.3 Å². The van der Waals surface area contributed by atoms with Crippen LogP contribution >= 0.6 is 0 Å². The standard InChI is InChI=1S/C36H22N2/c37-23-24-20-21-38-34(22-24)26-16-18-27(19-17-26)35-30-11-3-5-13-32(30)36(33-14-6-4-12-31(33)35)29-15-7-9-25-8-1-2-10-28(25)29/h1-22H. The van der Waals surface area contributed by atoms with Crippen molar-refractivity contribution < 1.29 is 0 Å². The van der Waals surface area contributed by atoms with E-state index in [9.17, 15) is 5.26 Å². The largest absolute Gasteiger partial charge is 0.256 e. The molecular weight excluding hydrogens is 460 g/mol. The monoisotopic (exact) mass is 482 g/mol. The molecule has 0 aliphatic heterocycles. The fourth-order valence-electron chi connectivity index (χ4n) is 5.64. The molecule has 0 unspecified atom stereocenters. The number of rotatable bonds is 3. The number of benzene rings is 6. The smallest absolute Gasteiger partial charge is 0.0992 e. The van der Waals surface area contributed by atoms with E-state index in [1.165, 1.54) is 49.0 Å². The fourth-order valence-corrected chi connectivity index (χ4v) is 5.64. The maximum Gasteiger partial charge on any atom is 0.0992 e. The summed E-state index contributed by atoms with van der Waals surface area (Å²) < 4.78 is 0. The highest BCUT2D eigenvalue weighted by Gasteiger charge is 2.17. The first-order chi connectivity index (χ1) is 18.8. The van der Waals surface area contributed by atoms with Gasteiger partial charge in [-0.3, -0.25) is 4.98 Å². The average Bonchev–Trinajstić information content (AvgIpc) is 3.00. The van der Waals surface area contributed by atoms with Crippen LogP contribution in [0.25, 0.3) is 65.8 Å². The van der Waals surface area contributed by atoms with Crippen molar-refractivity contribution in [3.63, 3.8) is 0 Å². The lowest BCUT2D eigenvalue weighted by atomic mass is 9.84. The summed E-state index contributed by atoms with van der Waals surface area (Å²) in [6, 6.07) is 47.0. The number of hydrogen-bond acceptors (Lipinski definition) is 2. The Balaban J connectivity index is 1.50. The predicted octanol–water partition coefficient (Wildman–Crippen LogP) is 9.41. The Morgan fingerprint density at radius 3 is 1.71 bits per heavy atom. The van der Waals surface area contributed by atoms with Crippen molar-refractivity contribution in [1.29, 1.82) is 5.26 Å². The molecule has 0 saturated heterocycles. The highest BCUT2D eigenvalue weighted by atomic mass is 14.7. The van der Waals surface area contributed by atoms with Crippen LogP contribution in [0.15, 0.2) is 134 Å². The molecule has 7 aromatic rings. The lowest BCUT2D eigenvalue weighted by Crippen LogP contribution is -1.92. The van der Waals surface area contributed by atoms with Crippen molar-refractivity contribution in [1.82, 2.24) is 4.98 Å². The van der Waals surface area contributed by atoms with Gasteiger partial charge in [-0.15, -0.1) is 0 Å². The maximum absolute atomic E-state index is 9.29. The number of hydrogen-bond donors (Lipinski definition) is 0. The highest BCUT2D eigenvalue weighted by Crippen LogP contribution is 2.45. The molecule has 0 bridgehead atoms. The van der Waals surface area contributed by atoms with Crippen LogP contribution < -0.4 is 0 Å². The summed E-state index contributed by atoms with van der Waals surface area (Å²) in [5.74, 6) is 0. The summed E-state index contributed by atoms with van der Waals surface area (Å²) in [5.41, 5.74) is 7.31. The Morgan fingerprint density at radius 1 is 0.500 bits per heavy atom. The topological polar surface area (TPSA) is 36.7 Å². The van der Waals surface area contributed by atoms with Gasteiger partial charge in [0.25, 0.3) is 0 Å². The quantitative estimate of drug-likeness (QED) is 0.235. The molecule has 0 saturated carbocycles. The molecular formula is C36H22N2. The summed E-state index contributed by atoms with van der Waals surface area (Å²) in [5, 5.41) is 16.7. The minimum absolute atomic E-state index is 0.611. The number of aromatic nitrogens is 1. The first-order valence-corrected chi connectivity index (χ1v) is 12.7. The van der Waals surface area contributed by atoms with Crippen LogP contribution in [-0.4, -0.2) is 4.98 Å². The number of fused-ring (bicyclic) bond motifs is 3. The summed E-state index contributed by atoms with van der Waals surface area (Å²) >= 11 is 0.